The Morgan fingerprint density at radius 3 is 1.82 bits per heavy atom. The normalized spacial score (nSPS) is 12.8. The molecule has 2 rings (SSSR count). The van der Waals surface area contributed by atoms with Crippen LogP contribution >= 0.6 is 7.60 Å². The first kappa shape index (κ1) is 26.7. The van der Waals surface area contributed by atoms with Gasteiger partial charge in [-0.15, -0.1) is 0 Å². The molecule has 0 amide bonds. The van der Waals surface area contributed by atoms with Crippen molar-refractivity contribution >= 4 is 19.3 Å². The Balaban J connectivity index is 2.41. The second kappa shape index (κ2) is 13.2. The molecule has 0 N–H and O–H groups in total. The van der Waals surface area contributed by atoms with Gasteiger partial charge in [0.25, 0.3) is 0 Å². The van der Waals surface area contributed by atoms with Crippen LogP contribution < -0.4 is 0 Å². The highest BCUT2D eigenvalue weighted by atomic mass is 31.2. The predicted molar refractivity (Wildman–Crippen MR) is 133 cm³/mol. The van der Waals surface area contributed by atoms with Crippen LogP contribution in [0.2, 0.25) is 0 Å². The summed E-state index contributed by atoms with van der Waals surface area (Å²) in [6.45, 7) is 9.17. The second-order valence-electron chi connectivity index (χ2n) is 7.95. The number of esters is 1. The molecule has 0 fully saturated rings. The summed E-state index contributed by atoms with van der Waals surface area (Å²) in [5, 5.41) is 0. The number of benzene rings is 2. The number of aliphatic imine (C=N–C) groups is 1. The van der Waals surface area contributed by atoms with Crippen LogP contribution in [-0.2, 0) is 23.1 Å². The summed E-state index contributed by atoms with van der Waals surface area (Å²) in [5.74, 6) is 0.968. The van der Waals surface area contributed by atoms with E-state index in [1.807, 2.05) is 60.7 Å². The molecule has 1 unspecified atom stereocenters. The van der Waals surface area contributed by atoms with E-state index in [9.17, 15) is 9.36 Å². The Hall–Kier alpha value is -2.53. The highest BCUT2D eigenvalue weighted by Crippen LogP contribution is 2.52. The van der Waals surface area contributed by atoms with E-state index < -0.39 is 19.6 Å². The quantitative estimate of drug-likeness (QED) is 0.203. The number of hydrogen-bond donors (Lipinski definition) is 0. The molecule has 178 valence electrons. The Morgan fingerprint density at radius 1 is 0.909 bits per heavy atom. The molecule has 0 bridgehead atoms. The Labute approximate surface area is 197 Å². The van der Waals surface area contributed by atoms with Crippen LogP contribution in [0.4, 0.5) is 0 Å². The maximum atomic E-state index is 13.1. The topological polar surface area (TPSA) is 74.2 Å². The van der Waals surface area contributed by atoms with Crippen LogP contribution in [0.5, 0.6) is 0 Å². The zero-order valence-corrected chi connectivity index (χ0v) is 20.9. The van der Waals surface area contributed by atoms with E-state index >= 15 is 0 Å². The third kappa shape index (κ3) is 9.09. The maximum Gasteiger partial charge on any atom is 0.354 e. The third-order valence-electron chi connectivity index (χ3n) is 4.30. The van der Waals surface area contributed by atoms with Crippen molar-refractivity contribution in [1.29, 1.82) is 0 Å². The van der Waals surface area contributed by atoms with E-state index in [0.29, 0.717) is 5.71 Å². The molecular weight excluding hydrogens is 437 g/mol. The molecule has 0 radical (unpaired) electrons. The van der Waals surface area contributed by atoms with Crippen LogP contribution in [0.15, 0.2) is 77.5 Å². The van der Waals surface area contributed by atoms with Crippen molar-refractivity contribution in [3.8, 4) is 0 Å². The average molecular weight is 472 g/mol. The molecule has 0 saturated heterocycles. The number of ether oxygens (including phenoxy) is 1. The molecule has 2 aromatic carbocycles. The summed E-state index contributed by atoms with van der Waals surface area (Å²) in [5.41, 5.74) is 2.46. The summed E-state index contributed by atoms with van der Waals surface area (Å²) >= 11 is 0. The minimum atomic E-state index is -3.46. The van der Waals surface area contributed by atoms with E-state index in [1.165, 1.54) is 5.82 Å². The number of carbonyl (C=O) groups is 1. The number of carbonyl (C=O) groups excluding carboxylic acids is 1. The van der Waals surface area contributed by atoms with Crippen molar-refractivity contribution in [2.45, 2.75) is 59.3 Å². The molecular formula is C26H34NO5P. The molecule has 0 aromatic heterocycles. The van der Waals surface area contributed by atoms with Gasteiger partial charge in [0.05, 0.1) is 24.5 Å². The van der Waals surface area contributed by atoms with Gasteiger partial charge < -0.3 is 13.8 Å². The summed E-state index contributed by atoms with van der Waals surface area (Å²) in [4.78, 5) is 17.6. The molecule has 0 aliphatic heterocycles. The fourth-order valence-corrected chi connectivity index (χ4v) is 4.85. The lowest BCUT2D eigenvalue weighted by Crippen LogP contribution is -2.23. The van der Waals surface area contributed by atoms with Gasteiger partial charge in [0, 0.05) is 16.9 Å². The standard InChI is InChI=1S/C26H34NO5P/c1-6-30-26(28)24(18-13-19-33(29,31-20(2)3)32-21(4)5)27-25(22-14-9-7-10-15-22)23-16-11-8-12-17-23/h7-17,19-21,24H,6,18H2,1-5H3/b19-13-. The lowest BCUT2D eigenvalue weighted by Gasteiger charge is -2.20. The Morgan fingerprint density at radius 2 is 1.39 bits per heavy atom. The first-order valence-electron chi connectivity index (χ1n) is 11.2. The van der Waals surface area contributed by atoms with Gasteiger partial charge in [-0.25, -0.2) is 4.79 Å². The molecule has 7 heteroatoms. The first-order chi connectivity index (χ1) is 15.7. The molecule has 0 aliphatic rings. The lowest BCUT2D eigenvalue weighted by molar-refractivity contribution is -0.144. The fraction of sp³-hybridized carbons (Fsp3) is 0.385. The molecule has 1 atom stereocenters. The Bertz CT molecular complexity index is 915. The van der Waals surface area contributed by atoms with Crippen molar-refractivity contribution in [3.63, 3.8) is 0 Å². The van der Waals surface area contributed by atoms with Crippen molar-refractivity contribution in [2.75, 3.05) is 6.61 Å². The zero-order valence-electron chi connectivity index (χ0n) is 20.0. The van der Waals surface area contributed by atoms with E-state index in [1.54, 1.807) is 40.7 Å². The van der Waals surface area contributed by atoms with E-state index in [-0.39, 0.29) is 25.2 Å². The van der Waals surface area contributed by atoms with E-state index in [4.69, 9.17) is 18.8 Å². The summed E-state index contributed by atoms with van der Waals surface area (Å²) < 4.78 is 29.5. The molecule has 2 aromatic rings. The van der Waals surface area contributed by atoms with Crippen LogP contribution in [-0.4, -0.2) is 36.5 Å². The average Bonchev–Trinajstić information content (AvgIpc) is 2.76. The van der Waals surface area contributed by atoms with Crippen molar-refractivity contribution in [3.05, 3.63) is 83.7 Å². The first-order valence-corrected chi connectivity index (χ1v) is 12.8. The lowest BCUT2D eigenvalue weighted by atomic mass is 10.0. The summed E-state index contributed by atoms with van der Waals surface area (Å²) in [6.07, 6.45) is 1.26. The minimum absolute atomic E-state index is 0.189. The largest absolute Gasteiger partial charge is 0.464 e. The van der Waals surface area contributed by atoms with Crippen LogP contribution in [0.3, 0.4) is 0 Å². The van der Waals surface area contributed by atoms with Crippen molar-refractivity contribution in [1.82, 2.24) is 0 Å². The smallest absolute Gasteiger partial charge is 0.354 e. The van der Waals surface area contributed by atoms with Gasteiger partial charge in [0.15, 0.2) is 6.04 Å². The molecule has 6 nitrogen and oxygen atoms in total. The highest BCUT2D eigenvalue weighted by Gasteiger charge is 2.25. The van der Waals surface area contributed by atoms with Crippen molar-refractivity contribution < 1.29 is 23.1 Å². The van der Waals surface area contributed by atoms with Gasteiger partial charge in [-0.1, -0.05) is 66.7 Å². The van der Waals surface area contributed by atoms with Gasteiger partial charge in [-0.2, -0.15) is 0 Å². The number of rotatable bonds is 12. The monoisotopic (exact) mass is 471 g/mol. The van der Waals surface area contributed by atoms with Gasteiger partial charge in [0.1, 0.15) is 0 Å². The molecule has 0 heterocycles. The SMILES string of the molecule is CCOC(=O)C(C/C=C\P(=O)(OC(C)C)OC(C)C)N=C(c1ccccc1)c1ccccc1. The third-order valence-corrected chi connectivity index (χ3v) is 6.31. The van der Waals surface area contributed by atoms with Gasteiger partial charge in [-0.05, 0) is 41.0 Å². The summed E-state index contributed by atoms with van der Waals surface area (Å²) in [6, 6.07) is 18.5. The van der Waals surface area contributed by atoms with Gasteiger partial charge in [0.2, 0.25) is 0 Å². The molecule has 33 heavy (non-hydrogen) atoms. The van der Waals surface area contributed by atoms with Crippen LogP contribution in [0.1, 0.15) is 52.2 Å². The number of hydrogen-bond acceptors (Lipinski definition) is 6. The fourth-order valence-electron chi connectivity index (χ4n) is 3.11. The molecule has 0 saturated carbocycles. The molecule has 0 spiro atoms. The predicted octanol–water partition coefficient (Wildman–Crippen LogP) is 6.40. The summed E-state index contributed by atoms with van der Waals surface area (Å²) in [7, 11) is -3.46. The van der Waals surface area contributed by atoms with Crippen molar-refractivity contribution in [2.24, 2.45) is 4.99 Å². The zero-order chi connectivity index (χ0) is 24.3. The van der Waals surface area contributed by atoms with E-state index in [0.717, 1.165) is 11.1 Å². The highest BCUT2D eigenvalue weighted by molar-refractivity contribution is 7.57. The van der Waals surface area contributed by atoms with E-state index in [2.05, 4.69) is 0 Å². The maximum absolute atomic E-state index is 13.1. The second-order valence-corrected chi connectivity index (χ2v) is 9.75. The molecule has 0 aliphatic carbocycles. The number of nitrogens with zero attached hydrogens (tertiary/aromatic N) is 1. The minimum Gasteiger partial charge on any atom is -0.464 e. The van der Waals surface area contributed by atoms with Gasteiger partial charge >= 0.3 is 13.6 Å². The van der Waals surface area contributed by atoms with Gasteiger partial charge in [-0.3, -0.25) is 9.56 Å². The van der Waals surface area contributed by atoms with Crippen LogP contribution in [0.25, 0.3) is 0 Å². The Kier molecular flexibility index (Phi) is 10.7. The van der Waals surface area contributed by atoms with Crippen LogP contribution in [0, 0.1) is 0 Å².